The van der Waals surface area contributed by atoms with Gasteiger partial charge in [0.15, 0.2) is 0 Å². The fraction of sp³-hybridized carbons (Fsp3) is 0.750. The lowest BCUT2D eigenvalue weighted by Gasteiger charge is -2.14. The molecule has 0 saturated carbocycles. The first-order chi connectivity index (χ1) is 8.95. The molecular formula is C12H24N4O2S. The predicted molar refractivity (Wildman–Crippen MR) is 76.5 cm³/mol. The largest absolute Gasteiger partial charge is 0.315 e. The van der Waals surface area contributed by atoms with Gasteiger partial charge in [-0.25, -0.2) is 13.1 Å². The summed E-state index contributed by atoms with van der Waals surface area (Å²) in [5.41, 5.74) is 0.891. The third-order valence-corrected chi connectivity index (χ3v) is 4.67. The Kier molecular flexibility index (Phi) is 6.47. The maximum absolute atomic E-state index is 11.9. The molecule has 6 nitrogen and oxygen atoms in total. The maximum Gasteiger partial charge on any atom is 0.215 e. The van der Waals surface area contributed by atoms with Gasteiger partial charge in [-0.05, 0) is 26.0 Å². The summed E-state index contributed by atoms with van der Waals surface area (Å²) in [6.45, 7) is 5.47. The molecule has 7 heteroatoms. The first-order valence-corrected chi connectivity index (χ1v) is 8.18. The Labute approximate surface area is 115 Å². The number of aromatic nitrogens is 2. The van der Waals surface area contributed by atoms with Gasteiger partial charge < -0.3 is 5.32 Å². The van der Waals surface area contributed by atoms with Crippen molar-refractivity contribution in [3.63, 3.8) is 0 Å². The molecule has 1 unspecified atom stereocenters. The van der Waals surface area contributed by atoms with Crippen molar-refractivity contribution in [1.82, 2.24) is 19.8 Å². The third-order valence-electron chi connectivity index (χ3n) is 2.84. The molecule has 1 rings (SSSR count). The fourth-order valence-corrected chi connectivity index (χ4v) is 2.66. The molecule has 1 aromatic heterocycles. The molecule has 0 radical (unpaired) electrons. The summed E-state index contributed by atoms with van der Waals surface area (Å²) in [7, 11) is -1.41. The van der Waals surface area contributed by atoms with Crippen LogP contribution in [0.15, 0.2) is 12.3 Å². The van der Waals surface area contributed by atoms with E-state index in [1.165, 1.54) is 0 Å². The highest BCUT2D eigenvalue weighted by atomic mass is 32.2. The van der Waals surface area contributed by atoms with Crippen LogP contribution < -0.4 is 10.0 Å². The summed E-state index contributed by atoms with van der Waals surface area (Å²) in [4.78, 5) is 0. The highest BCUT2D eigenvalue weighted by Crippen LogP contribution is 1.99. The van der Waals surface area contributed by atoms with Crippen LogP contribution in [-0.4, -0.2) is 43.1 Å². The average molecular weight is 288 g/mol. The van der Waals surface area contributed by atoms with Gasteiger partial charge in [0.2, 0.25) is 10.0 Å². The van der Waals surface area contributed by atoms with Crippen molar-refractivity contribution in [2.24, 2.45) is 7.05 Å². The molecule has 0 aliphatic carbocycles. The Hall–Kier alpha value is -0.920. The maximum atomic E-state index is 11.9. The quantitative estimate of drug-likeness (QED) is 0.640. The summed E-state index contributed by atoms with van der Waals surface area (Å²) in [5.74, 6) is 0. The van der Waals surface area contributed by atoms with Crippen molar-refractivity contribution in [3.8, 4) is 0 Å². The Morgan fingerprint density at radius 2 is 2.16 bits per heavy atom. The molecule has 0 amide bonds. The number of aryl methyl sites for hydroxylation is 1. The minimum Gasteiger partial charge on any atom is -0.315 e. The third kappa shape index (κ3) is 5.71. The number of rotatable bonds is 9. The van der Waals surface area contributed by atoms with Crippen LogP contribution in [0.2, 0.25) is 0 Å². The van der Waals surface area contributed by atoms with E-state index in [2.05, 4.69) is 22.1 Å². The zero-order valence-electron chi connectivity index (χ0n) is 11.9. The second-order valence-electron chi connectivity index (χ2n) is 4.68. The molecule has 0 bridgehead atoms. The minimum atomic E-state index is -3.25. The van der Waals surface area contributed by atoms with E-state index in [1.807, 2.05) is 19.3 Å². The molecular weight excluding hydrogens is 264 g/mol. The molecule has 0 spiro atoms. The van der Waals surface area contributed by atoms with E-state index in [4.69, 9.17) is 0 Å². The van der Waals surface area contributed by atoms with Crippen LogP contribution in [0.1, 0.15) is 26.0 Å². The Morgan fingerprint density at radius 3 is 2.74 bits per heavy atom. The number of hydrogen-bond acceptors (Lipinski definition) is 4. The van der Waals surface area contributed by atoms with E-state index < -0.39 is 15.3 Å². The van der Waals surface area contributed by atoms with E-state index >= 15 is 0 Å². The van der Waals surface area contributed by atoms with Crippen LogP contribution in [0.4, 0.5) is 0 Å². The normalized spacial score (nSPS) is 13.6. The van der Waals surface area contributed by atoms with Crippen molar-refractivity contribution >= 4 is 10.0 Å². The Bertz CT molecular complexity index is 470. The van der Waals surface area contributed by atoms with Crippen LogP contribution in [0.5, 0.6) is 0 Å². The first kappa shape index (κ1) is 16.1. The smallest absolute Gasteiger partial charge is 0.215 e. The van der Waals surface area contributed by atoms with Gasteiger partial charge in [0.1, 0.15) is 0 Å². The summed E-state index contributed by atoms with van der Waals surface area (Å²) in [6, 6.07) is 1.89. The minimum absolute atomic E-state index is 0.386. The molecule has 0 aromatic carbocycles. The summed E-state index contributed by atoms with van der Waals surface area (Å²) in [6.07, 6.45) is 3.45. The molecule has 2 N–H and O–H groups in total. The zero-order chi connectivity index (χ0) is 14.3. The van der Waals surface area contributed by atoms with Gasteiger partial charge in [-0.1, -0.05) is 6.92 Å². The molecule has 0 aliphatic heterocycles. The summed E-state index contributed by atoms with van der Waals surface area (Å²) < 4.78 is 28.2. The number of nitrogens with zero attached hydrogens (tertiary/aromatic N) is 2. The summed E-state index contributed by atoms with van der Waals surface area (Å²) in [5, 5.41) is 6.89. The van der Waals surface area contributed by atoms with E-state index in [-0.39, 0.29) is 0 Å². The fourth-order valence-electron chi connectivity index (χ4n) is 1.65. The van der Waals surface area contributed by atoms with Gasteiger partial charge in [-0.3, -0.25) is 4.68 Å². The second kappa shape index (κ2) is 7.62. The van der Waals surface area contributed by atoms with E-state index in [0.717, 1.165) is 18.7 Å². The van der Waals surface area contributed by atoms with Crippen molar-refractivity contribution < 1.29 is 8.42 Å². The highest BCUT2D eigenvalue weighted by molar-refractivity contribution is 7.90. The lowest BCUT2D eigenvalue weighted by Crippen LogP contribution is -2.39. The molecule has 0 saturated heterocycles. The topological polar surface area (TPSA) is 76.0 Å². The van der Waals surface area contributed by atoms with Crippen LogP contribution in [-0.2, 0) is 23.5 Å². The number of hydrogen-bond donors (Lipinski definition) is 2. The number of sulfonamides is 1. The van der Waals surface area contributed by atoms with Gasteiger partial charge >= 0.3 is 0 Å². The zero-order valence-corrected chi connectivity index (χ0v) is 12.7. The first-order valence-electron chi connectivity index (χ1n) is 6.63. The molecule has 110 valence electrons. The SMILES string of the molecule is CCCNCC(C)S(=O)(=O)NCCc1ccn(C)n1. The monoisotopic (exact) mass is 288 g/mol. The molecule has 1 aromatic rings. The molecule has 19 heavy (non-hydrogen) atoms. The van der Waals surface area contributed by atoms with Gasteiger partial charge in [0.05, 0.1) is 10.9 Å². The van der Waals surface area contributed by atoms with Crippen molar-refractivity contribution in [1.29, 1.82) is 0 Å². The summed E-state index contributed by atoms with van der Waals surface area (Å²) >= 11 is 0. The van der Waals surface area contributed by atoms with E-state index in [0.29, 0.717) is 19.5 Å². The molecule has 1 atom stereocenters. The standard InChI is InChI=1S/C12H24N4O2S/c1-4-7-13-10-11(2)19(17,18)14-8-5-12-6-9-16(3)15-12/h6,9,11,13-14H,4-5,7-8,10H2,1-3H3. The average Bonchev–Trinajstić information content (AvgIpc) is 2.75. The lowest BCUT2D eigenvalue weighted by molar-refractivity contribution is 0.556. The van der Waals surface area contributed by atoms with E-state index in [9.17, 15) is 8.42 Å². The Morgan fingerprint density at radius 1 is 1.42 bits per heavy atom. The van der Waals surface area contributed by atoms with Gasteiger partial charge in [-0.15, -0.1) is 0 Å². The predicted octanol–water partition coefficient (Wildman–Crippen LogP) is 0.270. The molecule has 0 aliphatic rings. The molecule has 1 heterocycles. The van der Waals surface area contributed by atoms with Crippen molar-refractivity contribution in [3.05, 3.63) is 18.0 Å². The van der Waals surface area contributed by atoms with Crippen LogP contribution >= 0.6 is 0 Å². The van der Waals surface area contributed by atoms with Crippen LogP contribution in [0, 0.1) is 0 Å². The number of nitrogens with one attached hydrogen (secondary N) is 2. The second-order valence-corrected chi connectivity index (χ2v) is 6.87. The van der Waals surface area contributed by atoms with Crippen LogP contribution in [0.3, 0.4) is 0 Å². The van der Waals surface area contributed by atoms with Crippen molar-refractivity contribution in [2.45, 2.75) is 31.9 Å². The van der Waals surface area contributed by atoms with E-state index in [1.54, 1.807) is 11.6 Å². The lowest BCUT2D eigenvalue weighted by atomic mass is 10.3. The van der Waals surface area contributed by atoms with Gasteiger partial charge in [-0.2, -0.15) is 5.10 Å². The van der Waals surface area contributed by atoms with Crippen molar-refractivity contribution in [2.75, 3.05) is 19.6 Å². The Balaban J connectivity index is 2.33. The van der Waals surface area contributed by atoms with Gasteiger partial charge in [0, 0.05) is 32.8 Å². The van der Waals surface area contributed by atoms with Gasteiger partial charge in [0.25, 0.3) is 0 Å². The molecule has 0 fully saturated rings. The van der Waals surface area contributed by atoms with Crippen LogP contribution in [0.25, 0.3) is 0 Å². The highest BCUT2D eigenvalue weighted by Gasteiger charge is 2.19.